The molecule has 7 heteroatoms. The fourth-order valence-corrected chi connectivity index (χ4v) is 2.66. The van der Waals surface area contributed by atoms with E-state index in [4.69, 9.17) is 23.2 Å². The van der Waals surface area contributed by atoms with Crippen molar-refractivity contribution in [3.05, 3.63) is 65.1 Å². The van der Waals surface area contributed by atoms with Gasteiger partial charge >= 0.3 is 0 Å². The molecule has 0 fully saturated rings. The Morgan fingerprint density at radius 1 is 1.12 bits per heavy atom. The van der Waals surface area contributed by atoms with Crippen LogP contribution in [0.5, 0.6) is 0 Å². The summed E-state index contributed by atoms with van der Waals surface area (Å²) in [5.41, 5.74) is 1.53. The largest absolute Gasteiger partial charge is 0.290 e. The Labute approximate surface area is 147 Å². The highest BCUT2D eigenvalue weighted by Crippen LogP contribution is 2.24. The number of amides is 1. The van der Waals surface area contributed by atoms with E-state index < -0.39 is 11.7 Å². The van der Waals surface area contributed by atoms with Crippen molar-refractivity contribution in [2.75, 3.05) is 10.8 Å². The first-order chi connectivity index (χ1) is 11.6. The number of alkyl halides is 1. The number of aromatic nitrogens is 2. The van der Waals surface area contributed by atoms with Crippen LogP contribution < -0.4 is 4.90 Å². The van der Waals surface area contributed by atoms with Crippen LogP contribution in [-0.2, 0) is 11.3 Å². The second kappa shape index (κ2) is 7.11. The summed E-state index contributed by atoms with van der Waals surface area (Å²) in [6.07, 6.45) is 1.46. The van der Waals surface area contributed by atoms with E-state index in [1.807, 2.05) is 18.2 Å². The van der Waals surface area contributed by atoms with Gasteiger partial charge in [-0.3, -0.25) is 14.7 Å². The Bertz CT molecular complexity index is 884. The number of fused-ring (bicyclic) bond motifs is 1. The van der Waals surface area contributed by atoms with Gasteiger partial charge < -0.3 is 0 Å². The van der Waals surface area contributed by atoms with E-state index in [2.05, 4.69) is 9.97 Å². The van der Waals surface area contributed by atoms with Gasteiger partial charge in [-0.05, 0) is 24.3 Å². The van der Waals surface area contributed by atoms with E-state index in [9.17, 15) is 9.18 Å². The summed E-state index contributed by atoms with van der Waals surface area (Å²) in [5.74, 6) is -0.886. The van der Waals surface area contributed by atoms with Crippen molar-refractivity contribution in [2.45, 2.75) is 6.54 Å². The molecular formula is C17H12Cl2FN3O. The third-order valence-electron chi connectivity index (χ3n) is 3.51. The van der Waals surface area contributed by atoms with Crippen molar-refractivity contribution in [1.82, 2.24) is 9.97 Å². The number of nitrogens with zero attached hydrogens (tertiary/aromatic N) is 3. The fourth-order valence-electron chi connectivity index (χ4n) is 2.29. The standard InChI is InChI=1S/C17H12Cl2FN3O/c18-8-17(24)23(10-11-12(19)4-3-5-13(11)20)16-9-21-14-6-1-2-7-15(14)22-16/h1-7,9H,8,10H2. The number of carbonyl (C=O) groups is 1. The first-order valence-electron chi connectivity index (χ1n) is 7.11. The molecule has 122 valence electrons. The molecule has 3 aromatic rings. The van der Waals surface area contributed by atoms with Crippen LogP contribution in [0.3, 0.4) is 0 Å². The second-order valence-electron chi connectivity index (χ2n) is 5.03. The average Bonchev–Trinajstić information content (AvgIpc) is 2.60. The van der Waals surface area contributed by atoms with Crippen molar-refractivity contribution < 1.29 is 9.18 Å². The molecule has 0 unspecified atom stereocenters. The molecule has 2 aromatic carbocycles. The molecule has 0 N–H and O–H groups in total. The van der Waals surface area contributed by atoms with Crippen molar-refractivity contribution >= 4 is 46.0 Å². The number of hydrogen-bond acceptors (Lipinski definition) is 3. The molecule has 0 bridgehead atoms. The van der Waals surface area contributed by atoms with Gasteiger partial charge in [0.2, 0.25) is 5.91 Å². The van der Waals surface area contributed by atoms with Gasteiger partial charge in [-0.2, -0.15) is 0 Å². The van der Waals surface area contributed by atoms with Crippen LogP contribution in [0.15, 0.2) is 48.7 Å². The first-order valence-corrected chi connectivity index (χ1v) is 8.02. The Hall–Kier alpha value is -2.24. The van der Waals surface area contributed by atoms with Gasteiger partial charge in [-0.25, -0.2) is 9.37 Å². The van der Waals surface area contributed by atoms with Crippen LogP contribution in [0.25, 0.3) is 11.0 Å². The van der Waals surface area contributed by atoms with Gasteiger partial charge in [-0.15, -0.1) is 11.6 Å². The minimum Gasteiger partial charge on any atom is -0.290 e. The summed E-state index contributed by atoms with van der Waals surface area (Å²) in [4.78, 5) is 22.2. The summed E-state index contributed by atoms with van der Waals surface area (Å²) in [6, 6.07) is 11.6. The lowest BCUT2D eigenvalue weighted by atomic mass is 10.2. The van der Waals surface area contributed by atoms with E-state index in [1.54, 1.807) is 12.1 Å². The Kier molecular flexibility index (Phi) is 4.92. The minimum atomic E-state index is -0.497. The summed E-state index contributed by atoms with van der Waals surface area (Å²) in [7, 11) is 0. The zero-order valence-corrected chi connectivity index (χ0v) is 13.9. The molecule has 1 heterocycles. The number of rotatable bonds is 4. The zero-order valence-electron chi connectivity index (χ0n) is 12.4. The first kappa shape index (κ1) is 16.6. The van der Waals surface area contributed by atoms with E-state index in [1.165, 1.54) is 23.2 Å². The normalized spacial score (nSPS) is 10.8. The summed E-state index contributed by atoms with van der Waals surface area (Å²) in [5, 5.41) is 0.233. The van der Waals surface area contributed by atoms with Crippen LogP contribution in [-0.4, -0.2) is 21.8 Å². The molecule has 0 aliphatic heterocycles. The SMILES string of the molecule is O=C(CCl)N(Cc1c(F)cccc1Cl)c1cnc2ccccc2n1. The van der Waals surface area contributed by atoms with Crippen LogP contribution in [0.2, 0.25) is 5.02 Å². The number of carbonyl (C=O) groups excluding carboxylic acids is 1. The summed E-state index contributed by atoms with van der Waals surface area (Å²) < 4.78 is 14.1. The molecule has 4 nitrogen and oxygen atoms in total. The predicted molar refractivity (Wildman–Crippen MR) is 92.9 cm³/mol. The second-order valence-corrected chi connectivity index (χ2v) is 5.71. The molecule has 0 saturated heterocycles. The van der Waals surface area contributed by atoms with Gasteiger partial charge in [0.1, 0.15) is 11.7 Å². The molecule has 0 aliphatic carbocycles. The number of halogens is 3. The number of anilines is 1. The maximum Gasteiger partial charge on any atom is 0.243 e. The van der Waals surface area contributed by atoms with Crippen LogP contribution in [0.4, 0.5) is 10.2 Å². The molecule has 3 rings (SSSR count). The van der Waals surface area contributed by atoms with Crippen LogP contribution >= 0.6 is 23.2 Å². The number of benzene rings is 2. The monoisotopic (exact) mass is 363 g/mol. The molecule has 0 saturated carbocycles. The highest BCUT2D eigenvalue weighted by Gasteiger charge is 2.20. The van der Waals surface area contributed by atoms with Crippen molar-refractivity contribution in [3.63, 3.8) is 0 Å². The van der Waals surface area contributed by atoms with Gasteiger partial charge in [0.05, 0.1) is 23.8 Å². The highest BCUT2D eigenvalue weighted by molar-refractivity contribution is 6.31. The van der Waals surface area contributed by atoms with Crippen LogP contribution in [0.1, 0.15) is 5.56 Å². The van der Waals surface area contributed by atoms with Gasteiger partial charge in [-0.1, -0.05) is 29.8 Å². The molecule has 0 spiro atoms. The fraction of sp³-hybridized carbons (Fsp3) is 0.118. The maximum absolute atomic E-state index is 14.1. The summed E-state index contributed by atoms with van der Waals surface area (Å²) >= 11 is 11.8. The molecule has 0 atom stereocenters. The third-order valence-corrected chi connectivity index (χ3v) is 4.09. The Morgan fingerprint density at radius 2 is 1.88 bits per heavy atom. The highest BCUT2D eigenvalue weighted by atomic mass is 35.5. The molecule has 0 radical (unpaired) electrons. The van der Waals surface area contributed by atoms with Crippen molar-refractivity contribution in [1.29, 1.82) is 0 Å². The van der Waals surface area contributed by atoms with Crippen molar-refractivity contribution in [3.8, 4) is 0 Å². The Balaban J connectivity index is 2.04. The lowest BCUT2D eigenvalue weighted by molar-refractivity contribution is -0.116. The predicted octanol–water partition coefficient (Wildman–Crippen LogP) is 4.19. The van der Waals surface area contributed by atoms with Crippen LogP contribution in [0, 0.1) is 5.82 Å². The van der Waals surface area contributed by atoms with E-state index in [0.29, 0.717) is 16.9 Å². The van der Waals surface area contributed by atoms with E-state index in [0.717, 1.165) is 0 Å². The lowest BCUT2D eigenvalue weighted by Gasteiger charge is -2.21. The zero-order chi connectivity index (χ0) is 17.1. The molecule has 1 aromatic heterocycles. The molecule has 24 heavy (non-hydrogen) atoms. The molecular weight excluding hydrogens is 352 g/mol. The smallest absolute Gasteiger partial charge is 0.243 e. The lowest BCUT2D eigenvalue weighted by Crippen LogP contribution is -2.32. The van der Waals surface area contributed by atoms with Crippen molar-refractivity contribution in [2.24, 2.45) is 0 Å². The van der Waals surface area contributed by atoms with Gasteiger partial charge in [0.15, 0.2) is 5.82 Å². The maximum atomic E-state index is 14.1. The quantitative estimate of drug-likeness (QED) is 0.652. The average molecular weight is 364 g/mol. The topological polar surface area (TPSA) is 46.1 Å². The van der Waals surface area contributed by atoms with Gasteiger partial charge in [0.25, 0.3) is 0 Å². The summed E-state index contributed by atoms with van der Waals surface area (Å²) in [6.45, 7) is -0.0793. The van der Waals surface area contributed by atoms with Gasteiger partial charge in [0, 0.05) is 10.6 Å². The van der Waals surface area contributed by atoms with E-state index >= 15 is 0 Å². The third kappa shape index (κ3) is 3.32. The molecule has 1 amide bonds. The molecule has 0 aliphatic rings. The minimum absolute atomic E-state index is 0.0793. The number of para-hydroxylation sites is 2. The van der Waals surface area contributed by atoms with E-state index in [-0.39, 0.29) is 23.0 Å². The Morgan fingerprint density at radius 3 is 2.58 bits per heavy atom. The number of hydrogen-bond donors (Lipinski definition) is 0.